The number of fused-ring (bicyclic) bond motifs is 3. The van der Waals surface area contributed by atoms with Gasteiger partial charge in [-0.25, -0.2) is 15.3 Å². The third kappa shape index (κ3) is 17.2. The van der Waals surface area contributed by atoms with Crippen LogP contribution >= 0.6 is 0 Å². The molecule has 542 valence electrons. The summed E-state index contributed by atoms with van der Waals surface area (Å²) in [6.07, 6.45) is 13.8. The van der Waals surface area contributed by atoms with E-state index < -0.39 is 5.56 Å². The number of aromatic nitrogens is 12. The van der Waals surface area contributed by atoms with Crippen LogP contribution in [0.15, 0.2) is 185 Å². The summed E-state index contributed by atoms with van der Waals surface area (Å²) in [5.74, 6) is 3.91. The monoisotopic (exact) mass is 1420 g/mol. The molecule has 5 aromatic carbocycles. The summed E-state index contributed by atoms with van der Waals surface area (Å²) in [6, 6.07) is 41.2. The molecule has 6 aromatic heterocycles. The van der Waals surface area contributed by atoms with Crippen molar-refractivity contribution in [2.45, 2.75) is 63.3 Å². The number of carbonyl (C=O) groups is 3. The molecule has 0 radical (unpaired) electrons. The molecule has 14 rings (SSSR count). The van der Waals surface area contributed by atoms with Gasteiger partial charge in [0.15, 0.2) is 17.5 Å². The number of rotatable bonds is 21. The number of hydrogen-bond donors (Lipinski definition) is 6. The number of aromatic amines is 3. The van der Waals surface area contributed by atoms with Gasteiger partial charge in [0.05, 0.1) is 40.9 Å². The quantitative estimate of drug-likeness (QED) is 0.0367. The molecule has 0 spiro atoms. The van der Waals surface area contributed by atoms with E-state index in [1.54, 1.807) is 43.0 Å². The molecule has 3 fully saturated rings. The Labute approximate surface area is 603 Å². The lowest BCUT2D eigenvalue weighted by atomic mass is 10.1. The van der Waals surface area contributed by atoms with E-state index in [-0.39, 0.29) is 58.4 Å². The lowest BCUT2D eigenvalue weighted by Crippen LogP contribution is -2.40. The first-order chi connectivity index (χ1) is 50.8. The molecule has 3 amide bonds. The lowest BCUT2D eigenvalue weighted by molar-refractivity contribution is -0.128. The number of benzene rings is 5. The fourth-order valence-electron chi connectivity index (χ4n) is 12.5. The van der Waals surface area contributed by atoms with E-state index >= 15 is 0 Å². The molecule has 8 heterocycles. The molecule has 2 aliphatic heterocycles. The van der Waals surface area contributed by atoms with Gasteiger partial charge in [0.1, 0.15) is 62.4 Å². The van der Waals surface area contributed by atoms with Crippen molar-refractivity contribution in [1.29, 1.82) is 0 Å². The molecule has 2 saturated heterocycles. The molecule has 1 aliphatic carbocycles. The number of nitrogens with two attached hydrogens (primary N) is 3. The van der Waals surface area contributed by atoms with E-state index in [1.807, 2.05) is 189 Å². The van der Waals surface area contributed by atoms with Gasteiger partial charge in [-0.2, -0.15) is 30.6 Å². The average molecular weight is 1420 g/mol. The summed E-state index contributed by atoms with van der Waals surface area (Å²) >= 11 is 0. The third-order valence-corrected chi connectivity index (χ3v) is 18.0. The number of anilines is 3. The molecule has 11 aromatic rings. The summed E-state index contributed by atoms with van der Waals surface area (Å²) in [6.45, 7) is 7.83. The number of carbonyl (C=O) groups excluding carboxylic acids is 3. The fourth-order valence-corrected chi connectivity index (χ4v) is 12.5. The first-order valence-corrected chi connectivity index (χ1v) is 34.6. The second-order valence-corrected chi connectivity index (χ2v) is 26.3. The van der Waals surface area contributed by atoms with Gasteiger partial charge in [-0.15, -0.1) is 0 Å². The van der Waals surface area contributed by atoms with Gasteiger partial charge >= 0.3 is 0 Å². The number of likely N-dealkylation sites (N-methyl/N-ethyl adjacent to an activating group) is 3. The summed E-state index contributed by atoms with van der Waals surface area (Å²) < 4.78 is 22.6. The maximum atomic E-state index is 13.0. The number of hydrogen-bond acceptors (Lipinski definition) is 20. The Kier molecular flexibility index (Phi) is 22.5. The number of likely N-dealkylation sites (tertiary alicyclic amines) is 2. The van der Waals surface area contributed by atoms with Gasteiger partial charge < -0.3 is 55.9 Å². The van der Waals surface area contributed by atoms with Gasteiger partial charge in [0, 0.05) is 81.7 Å². The van der Waals surface area contributed by atoms with Crippen LogP contribution in [0, 0.1) is 0 Å². The zero-order valence-electron chi connectivity index (χ0n) is 59.1. The largest absolute Gasteiger partial charge is 0.490 e. The van der Waals surface area contributed by atoms with Gasteiger partial charge in [-0.05, 0) is 170 Å². The second-order valence-electron chi connectivity index (χ2n) is 26.3. The van der Waals surface area contributed by atoms with E-state index in [0.717, 1.165) is 72.5 Å². The van der Waals surface area contributed by atoms with Crippen molar-refractivity contribution in [3.05, 3.63) is 201 Å². The first kappa shape index (κ1) is 72.3. The van der Waals surface area contributed by atoms with Gasteiger partial charge in [-0.3, -0.25) is 42.8 Å². The molecule has 29 heteroatoms. The van der Waals surface area contributed by atoms with Crippen molar-refractivity contribution in [2.75, 3.05) is 98.3 Å². The van der Waals surface area contributed by atoms with E-state index in [0.29, 0.717) is 120 Å². The predicted molar refractivity (Wildman–Crippen MR) is 404 cm³/mol. The molecule has 3 aliphatic rings. The Bertz CT molecular complexity index is 5160. The molecular formula is C76H84N20O9. The van der Waals surface area contributed by atoms with Crippen molar-refractivity contribution < 1.29 is 28.6 Å². The van der Waals surface area contributed by atoms with Crippen molar-refractivity contribution in [3.63, 3.8) is 0 Å². The van der Waals surface area contributed by atoms with E-state index in [9.17, 15) is 28.8 Å². The van der Waals surface area contributed by atoms with Crippen molar-refractivity contribution in [3.8, 4) is 62.5 Å². The minimum absolute atomic E-state index is 0.0441. The molecule has 105 heavy (non-hydrogen) atoms. The van der Waals surface area contributed by atoms with Gasteiger partial charge in [0.2, 0.25) is 17.7 Å². The van der Waals surface area contributed by atoms with Crippen LogP contribution in [-0.2, 0) is 20.9 Å². The van der Waals surface area contributed by atoms with Crippen molar-refractivity contribution >= 4 is 67.9 Å². The highest BCUT2D eigenvalue weighted by Crippen LogP contribution is 2.38. The highest BCUT2D eigenvalue weighted by molar-refractivity contribution is 6.02. The minimum Gasteiger partial charge on any atom is -0.490 e. The molecule has 29 nitrogen and oxygen atoms in total. The third-order valence-electron chi connectivity index (χ3n) is 18.0. The number of amides is 3. The van der Waals surface area contributed by atoms with Crippen LogP contribution in [0.5, 0.6) is 28.7 Å². The number of nitrogens with one attached hydrogen (secondary N) is 3. The molecule has 2 unspecified atom stereocenters. The normalized spacial score (nSPS) is 15.3. The molecule has 1 saturated carbocycles. The molecular weight excluding hydrogens is 1340 g/mol. The minimum atomic E-state index is -0.401. The summed E-state index contributed by atoms with van der Waals surface area (Å²) in [7, 11) is 9.48. The molecule has 0 bridgehead atoms. The Morgan fingerprint density at radius 1 is 0.514 bits per heavy atom. The average Bonchev–Trinajstić information content (AvgIpc) is 1.69. The Balaban J connectivity index is 0.000000149. The summed E-state index contributed by atoms with van der Waals surface area (Å²) in [5, 5.41) is 35.1. The van der Waals surface area contributed by atoms with Crippen LogP contribution in [0.3, 0.4) is 0 Å². The summed E-state index contributed by atoms with van der Waals surface area (Å²) in [5.41, 5.74) is 22.6. The predicted octanol–water partition coefficient (Wildman–Crippen LogP) is 8.44. The van der Waals surface area contributed by atoms with Crippen molar-refractivity contribution in [1.82, 2.24) is 84.4 Å². The number of para-hydroxylation sites is 2. The van der Waals surface area contributed by atoms with Crippen LogP contribution in [0.4, 0.5) is 17.5 Å². The highest BCUT2D eigenvalue weighted by atomic mass is 16.5. The number of H-pyrrole nitrogens is 3. The Morgan fingerprint density at radius 2 is 0.914 bits per heavy atom. The number of piperidine rings is 2. The molecule has 2 atom stereocenters. The van der Waals surface area contributed by atoms with Crippen LogP contribution in [0.1, 0.15) is 50.6 Å². The van der Waals surface area contributed by atoms with E-state index in [1.165, 1.54) is 6.08 Å². The van der Waals surface area contributed by atoms with Gasteiger partial charge in [-0.1, -0.05) is 55.1 Å². The highest BCUT2D eigenvalue weighted by Gasteiger charge is 2.32. The van der Waals surface area contributed by atoms with Crippen LogP contribution in [0.2, 0.25) is 0 Å². The zero-order chi connectivity index (χ0) is 73.8. The maximum absolute atomic E-state index is 13.0. The Hall–Kier alpha value is -12.5. The number of ether oxygens (including phenoxy) is 3. The van der Waals surface area contributed by atoms with Crippen LogP contribution < -0.4 is 48.1 Å². The van der Waals surface area contributed by atoms with Crippen LogP contribution in [-0.4, -0.2) is 189 Å². The topological polar surface area (TPSA) is 364 Å². The zero-order valence-corrected chi connectivity index (χ0v) is 59.1. The fraction of sp³-hybridized carbons (Fsp3) is 0.289. The smallest absolute Gasteiger partial charge is 0.290 e. The Morgan fingerprint density at radius 3 is 1.35 bits per heavy atom. The van der Waals surface area contributed by atoms with E-state index in [4.69, 9.17) is 41.6 Å². The number of nitrogen functional groups attached to an aromatic ring is 3. The first-order valence-electron chi connectivity index (χ1n) is 34.6. The lowest BCUT2D eigenvalue weighted by Gasteiger charge is -2.32. The van der Waals surface area contributed by atoms with Crippen molar-refractivity contribution in [2.24, 2.45) is 0 Å². The van der Waals surface area contributed by atoms with E-state index in [2.05, 4.69) is 42.3 Å². The maximum Gasteiger partial charge on any atom is 0.290 e. The second kappa shape index (κ2) is 32.7. The van der Waals surface area contributed by atoms with Crippen LogP contribution in [0.25, 0.3) is 66.5 Å². The standard InChI is InChI=1S/C28H31N7O3.C26H29N7O3.C22H24N6O3/c1-33(2)16-7-11-23(36)34-17-6-8-20(18-34)35-26-24(27(29)30-31-28(26)37)25(32-35)19-12-14-22(15-13-19)38-21-9-4-3-5-10-21;1-31(2)15-7-10-21(34)32(3)16-17-33-24-22(25(27)28-29-26(24)35)23(30-33)18-11-13-20(14-12-18)36-19-8-5-4-6-9-19;1-2-17(29)27-11-3-4-14(12-27)28-20-18(21(23)24-25-22(20)30)19(26-28)13-5-7-15(8-6-13)31-16-9-10-16/h3-5,7,9-15,20H,6,8,16-18H2,1-2H3,(H2,29,30)(H,31,37);4-14H,15-17H2,1-3H3,(H2,27,28)(H,29,35);2,5-8,14,16H,1,3-4,9-12H2,(H2,23,24)(H,25,30)/b11-7+;10-7+;. The summed E-state index contributed by atoms with van der Waals surface area (Å²) in [4.78, 5) is 84.8. The molecule has 9 N–H and O–H groups in total. The number of nitrogens with zero attached hydrogens (tertiary/aromatic N) is 14. The SMILES string of the molecule is C=CC(=O)N1CCCC(n2nc(-c3ccc(OC4CC4)cc3)c3c(N)n[nH]c(=O)c32)C1.CN(C)C/C=C/C(=O)N(C)CCn1nc(-c2ccc(Oc3ccccc3)cc2)c2c(N)n[nH]c(=O)c21.CN(C)C/C=C/C(=O)N1CCCC(n2nc(-c3ccc(Oc4ccccc4)cc3)c3c(N)n[nH]c(=O)c32)C1. The van der Waals surface area contributed by atoms with Gasteiger partial charge in [0.25, 0.3) is 16.7 Å².